The van der Waals surface area contributed by atoms with Gasteiger partial charge in [0.1, 0.15) is 0 Å². The van der Waals surface area contributed by atoms with Crippen LogP contribution in [0.25, 0.3) is 0 Å². The third kappa shape index (κ3) is 3.96. The summed E-state index contributed by atoms with van der Waals surface area (Å²) < 4.78 is 0. The summed E-state index contributed by atoms with van der Waals surface area (Å²) in [5, 5.41) is 3.54. The second-order valence-electron chi connectivity index (χ2n) is 6.29. The molecule has 0 bridgehead atoms. The van der Waals surface area contributed by atoms with Crippen LogP contribution in [0, 0.1) is 11.8 Å². The normalized spacial score (nSPS) is 28.8. The molecule has 1 saturated carbocycles. The average Bonchev–Trinajstić information content (AvgIpc) is 2.90. The molecule has 1 heterocycles. The Morgan fingerprint density at radius 2 is 1.94 bits per heavy atom. The molecule has 2 heteroatoms. The lowest BCUT2D eigenvalue weighted by Gasteiger charge is -2.31. The lowest BCUT2D eigenvalue weighted by molar-refractivity contribution is 0.198. The van der Waals surface area contributed by atoms with Gasteiger partial charge in [-0.15, -0.1) is 0 Å². The molecule has 0 radical (unpaired) electrons. The molecule has 0 aromatic rings. The van der Waals surface area contributed by atoms with Crippen LogP contribution in [0.1, 0.15) is 51.9 Å². The van der Waals surface area contributed by atoms with E-state index in [1.54, 1.807) is 0 Å². The SMILES string of the molecule is CC(CCN(C)C1CCCC1)C1CCCNC1. The summed E-state index contributed by atoms with van der Waals surface area (Å²) in [6.07, 6.45) is 10.0. The van der Waals surface area contributed by atoms with Crippen LogP contribution in [0.5, 0.6) is 0 Å². The molecular weight excluding hydrogens is 208 g/mol. The van der Waals surface area contributed by atoms with Gasteiger partial charge in [0.15, 0.2) is 0 Å². The second-order valence-corrected chi connectivity index (χ2v) is 6.29. The summed E-state index contributed by atoms with van der Waals surface area (Å²) in [6, 6.07) is 0.895. The van der Waals surface area contributed by atoms with Crippen molar-refractivity contribution in [3.8, 4) is 0 Å². The average molecular weight is 238 g/mol. The Hall–Kier alpha value is -0.0800. The van der Waals surface area contributed by atoms with E-state index in [0.717, 1.165) is 17.9 Å². The fraction of sp³-hybridized carbons (Fsp3) is 1.00. The van der Waals surface area contributed by atoms with E-state index in [4.69, 9.17) is 0 Å². The first-order chi connectivity index (χ1) is 8.27. The van der Waals surface area contributed by atoms with Gasteiger partial charge in [0.2, 0.25) is 0 Å². The topological polar surface area (TPSA) is 15.3 Å². The molecule has 0 aromatic carbocycles. The van der Waals surface area contributed by atoms with E-state index in [2.05, 4.69) is 24.2 Å². The van der Waals surface area contributed by atoms with Crippen molar-refractivity contribution in [2.75, 3.05) is 26.7 Å². The maximum Gasteiger partial charge on any atom is 0.00922 e. The van der Waals surface area contributed by atoms with Crippen molar-refractivity contribution in [3.63, 3.8) is 0 Å². The third-order valence-corrected chi connectivity index (χ3v) is 5.02. The van der Waals surface area contributed by atoms with Gasteiger partial charge < -0.3 is 10.2 Å². The molecule has 0 spiro atoms. The molecule has 17 heavy (non-hydrogen) atoms. The molecule has 100 valence electrons. The summed E-state index contributed by atoms with van der Waals surface area (Å²) in [6.45, 7) is 6.27. The standard InChI is InChI=1S/C15H30N2/c1-13(14-6-5-10-16-12-14)9-11-17(2)15-7-3-4-8-15/h13-16H,3-12H2,1-2H3. The first-order valence-corrected chi connectivity index (χ1v) is 7.68. The van der Waals surface area contributed by atoms with Gasteiger partial charge in [-0.1, -0.05) is 19.8 Å². The van der Waals surface area contributed by atoms with Crippen molar-refractivity contribution in [2.45, 2.75) is 57.9 Å². The fourth-order valence-electron chi connectivity index (χ4n) is 3.54. The van der Waals surface area contributed by atoms with Gasteiger partial charge in [0.05, 0.1) is 0 Å². The minimum Gasteiger partial charge on any atom is -0.316 e. The number of hydrogen-bond donors (Lipinski definition) is 1. The van der Waals surface area contributed by atoms with Gasteiger partial charge in [-0.05, 0) is 70.6 Å². The zero-order valence-corrected chi connectivity index (χ0v) is 11.8. The molecule has 1 saturated heterocycles. The molecular formula is C15H30N2. The number of nitrogens with zero attached hydrogens (tertiary/aromatic N) is 1. The van der Waals surface area contributed by atoms with E-state index in [0.29, 0.717) is 0 Å². The molecule has 1 aliphatic carbocycles. The monoisotopic (exact) mass is 238 g/mol. The van der Waals surface area contributed by atoms with Crippen LogP contribution in [0.4, 0.5) is 0 Å². The third-order valence-electron chi connectivity index (χ3n) is 5.02. The lowest BCUT2D eigenvalue weighted by Crippen LogP contribution is -2.36. The van der Waals surface area contributed by atoms with Crippen molar-refractivity contribution >= 4 is 0 Å². The molecule has 2 rings (SSSR count). The van der Waals surface area contributed by atoms with Crippen molar-refractivity contribution in [2.24, 2.45) is 11.8 Å². The highest BCUT2D eigenvalue weighted by atomic mass is 15.1. The Balaban J connectivity index is 1.65. The molecule has 2 nitrogen and oxygen atoms in total. The summed E-state index contributed by atoms with van der Waals surface area (Å²) in [4.78, 5) is 2.62. The van der Waals surface area contributed by atoms with Gasteiger partial charge in [-0.3, -0.25) is 0 Å². The number of piperidine rings is 1. The molecule has 1 aliphatic heterocycles. The van der Waals surface area contributed by atoms with Gasteiger partial charge in [-0.2, -0.15) is 0 Å². The van der Waals surface area contributed by atoms with E-state index in [-0.39, 0.29) is 0 Å². The lowest BCUT2D eigenvalue weighted by atomic mass is 9.85. The van der Waals surface area contributed by atoms with Crippen LogP contribution < -0.4 is 5.32 Å². The minimum atomic E-state index is 0.895. The fourth-order valence-corrected chi connectivity index (χ4v) is 3.54. The highest BCUT2D eigenvalue weighted by Gasteiger charge is 2.22. The molecule has 0 amide bonds. The molecule has 2 aliphatic rings. The predicted molar refractivity (Wildman–Crippen MR) is 74.3 cm³/mol. The first-order valence-electron chi connectivity index (χ1n) is 7.68. The first kappa shape index (κ1) is 13.4. The summed E-state index contributed by atoms with van der Waals surface area (Å²) in [7, 11) is 2.34. The van der Waals surface area contributed by atoms with Crippen LogP contribution in [0.3, 0.4) is 0 Å². The Labute approximate surface area is 107 Å². The van der Waals surface area contributed by atoms with E-state index in [9.17, 15) is 0 Å². The predicted octanol–water partition coefficient (Wildman–Crippen LogP) is 2.89. The highest BCUT2D eigenvalue weighted by molar-refractivity contribution is 4.78. The van der Waals surface area contributed by atoms with Gasteiger partial charge >= 0.3 is 0 Å². The van der Waals surface area contributed by atoms with Crippen molar-refractivity contribution < 1.29 is 0 Å². The van der Waals surface area contributed by atoms with Gasteiger partial charge in [0, 0.05) is 6.04 Å². The van der Waals surface area contributed by atoms with E-state index in [1.807, 2.05) is 0 Å². The second kappa shape index (κ2) is 6.75. The zero-order valence-electron chi connectivity index (χ0n) is 11.8. The summed E-state index contributed by atoms with van der Waals surface area (Å²) >= 11 is 0. The van der Waals surface area contributed by atoms with E-state index in [1.165, 1.54) is 64.6 Å². The van der Waals surface area contributed by atoms with Crippen molar-refractivity contribution in [3.05, 3.63) is 0 Å². The maximum absolute atomic E-state index is 3.54. The van der Waals surface area contributed by atoms with E-state index >= 15 is 0 Å². The molecule has 2 atom stereocenters. The smallest absolute Gasteiger partial charge is 0.00922 e. The number of nitrogens with one attached hydrogen (secondary N) is 1. The van der Waals surface area contributed by atoms with Crippen LogP contribution in [0.15, 0.2) is 0 Å². The largest absolute Gasteiger partial charge is 0.316 e. The van der Waals surface area contributed by atoms with E-state index < -0.39 is 0 Å². The number of hydrogen-bond acceptors (Lipinski definition) is 2. The summed E-state index contributed by atoms with van der Waals surface area (Å²) in [5.74, 6) is 1.83. The van der Waals surface area contributed by atoms with Crippen molar-refractivity contribution in [1.82, 2.24) is 10.2 Å². The molecule has 2 unspecified atom stereocenters. The Kier molecular flexibility index (Phi) is 5.30. The van der Waals surface area contributed by atoms with Gasteiger partial charge in [-0.25, -0.2) is 0 Å². The van der Waals surface area contributed by atoms with Crippen LogP contribution in [-0.4, -0.2) is 37.6 Å². The summed E-state index contributed by atoms with van der Waals surface area (Å²) in [5.41, 5.74) is 0. The molecule has 0 aromatic heterocycles. The quantitative estimate of drug-likeness (QED) is 0.792. The zero-order chi connectivity index (χ0) is 12.1. The molecule has 1 N–H and O–H groups in total. The molecule has 2 fully saturated rings. The Morgan fingerprint density at radius 1 is 1.18 bits per heavy atom. The maximum atomic E-state index is 3.54. The van der Waals surface area contributed by atoms with Gasteiger partial charge in [0.25, 0.3) is 0 Å². The Morgan fingerprint density at radius 3 is 2.59 bits per heavy atom. The highest BCUT2D eigenvalue weighted by Crippen LogP contribution is 2.25. The Bertz CT molecular complexity index is 205. The van der Waals surface area contributed by atoms with Crippen LogP contribution in [0.2, 0.25) is 0 Å². The number of rotatable bonds is 5. The minimum absolute atomic E-state index is 0.895. The van der Waals surface area contributed by atoms with Crippen LogP contribution >= 0.6 is 0 Å². The van der Waals surface area contributed by atoms with Crippen molar-refractivity contribution in [1.29, 1.82) is 0 Å². The van der Waals surface area contributed by atoms with Crippen LogP contribution in [-0.2, 0) is 0 Å².